The van der Waals surface area contributed by atoms with E-state index in [-0.39, 0.29) is 0 Å². The van der Waals surface area contributed by atoms with Gasteiger partial charge in [-0.3, -0.25) is 4.90 Å². The average Bonchev–Trinajstić information content (AvgIpc) is 2.27. The van der Waals surface area contributed by atoms with Crippen LogP contribution in [-0.4, -0.2) is 29.6 Å². The average molecular weight is 228 g/mol. The molecule has 0 aliphatic carbocycles. The third kappa shape index (κ3) is 8.12. The summed E-state index contributed by atoms with van der Waals surface area (Å²) in [6.45, 7) is 15.7. The van der Waals surface area contributed by atoms with E-state index in [4.69, 9.17) is 5.73 Å². The van der Waals surface area contributed by atoms with Crippen LogP contribution in [0.15, 0.2) is 0 Å². The molecule has 0 spiro atoms. The molecule has 1 rings (SSSR count). The summed E-state index contributed by atoms with van der Waals surface area (Å²) < 4.78 is 0. The van der Waals surface area contributed by atoms with Gasteiger partial charge in [-0.2, -0.15) is 0 Å². The topological polar surface area (TPSA) is 29.3 Å². The maximum Gasteiger partial charge on any atom is 0.0125 e. The second-order valence-electron chi connectivity index (χ2n) is 6.58. The molecule has 0 aromatic carbocycles. The highest BCUT2D eigenvalue weighted by Gasteiger charge is 2.23. The number of nitrogens with zero attached hydrogens (tertiary/aromatic N) is 1. The van der Waals surface area contributed by atoms with Crippen molar-refractivity contribution >= 4 is 0 Å². The Morgan fingerprint density at radius 2 is 1.56 bits per heavy atom. The van der Waals surface area contributed by atoms with Crippen molar-refractivity contribution in [2.24, 2.45) is 11.7 Å². The number of hydrogen-bond donors (Lipinski definition) is 1. The van der Waals surface area contributed by atoms with E-state index in [1.165, 1.54) is 25.9 Å². The molecule has 0 radical (unpaired) electrons. The van der Waals surface area contributed by atoms with Gasteiger partial charge in [0, 0.05) is 18.1 Å². The fourth-order valence-corrected chi connectivity index (χ4v) is 1.79. The van der Waals surface area contributed by atoms with Crippen LogP contribution in [0.25, 0.3) is 0 Å². The minimum Gasteiger partial charge on any atom is -0.328 e. The summed E-state index contributed by atoms with van der Waals surface area (Å²) in [5, 5.41) is 0. The largest absolute Gasteiger partial charge is 0.328 e. The van der Waals surface area contributed by atoms with Gasteiger partial charge in [-0.05, 0) is 52.5 Å². The Hall–Kier alpha value is -0.0800. The Kier molecular flexibility index (Phi) is 7.25. The fraction of sp³-hybridized carbons (Fsp3) is 1.00. The molecule has 1 saturated heterocycles. The molecule has 1 aliphatic heterocycles. The first-order valence-electron chi connectivity index (χ1n) is 6.74. The van der Waals surface area contributed by atoms with Gasteiger partial charge in [-0.1, -0.05) is 20.8 Å². The molecule has 98 valence electrons. The molecule has 0 aromatic rings. The molecule has 1 fully saturated rings. The first kappa shape index (κ1) is 15.9. The van der Waals surface area contributed by atoms with Crippen molar-refractivity contribution in [1.29, 1.82) is 0 Å². The monoisotopic (exact) mass is 228 g/mol. The Labute approximate surface area is 103 Å². The Morgan fingerprint density at radius 1 is 1.06 bits per heavy atom. The van der Waals surface area contributed by atoms with Crippen LogP contribution in [0.2, 0.25) is 0 Å². The third-order valence-electron chi connectivity index (χ3n) is 2.72. The van der Waals surface area contributed by atoms with Crippen molar-refractivity contribution in [3.8, 4) is 0 Å². The molecule has 0 bridgehead atoms. The lowest BCUT2D eigenvalue weighted by atomic mass is 10.1. The number of rotatable bonds is 0. The standard InChI is InChI=1S/C10H22N2.C4H10/c1-10(2,3)12-7-4-5-9(11)6-8-12;1-4(2)3/h9H,4-8,11H2,1-3H3;4H,1-3H3. The predicted molar refractivity (Wildman–Crippen MR) is 73.7 cm³/mol. The van der Waals surface area contributed by atoms with E-state index in [1.54, 1.807) is 0 Å². The lowest BCUT2D eigenvalue weighted by Gasteiger charge is -2.34. The molecule has 2 heteroatoms. The quantitative estimate of drug-likeness (QED) is 0.689. The molecule has 16 heavy (non-hydrogen) atoms. The fourth-order valence-electron chi connectivity index (χ4n) is 1.79. The third-order valence-corrected chi connectivity index (χ3v) is 2.72. The summed E-state index contributed by atoms with van der Waals surface area (Å²) in [7, 11) is 0. The lowest BCUT2D eigenvalue weighted by molar-refractivity contribution is 0.142. The Morgan fingerprint density at radius 3 is 2.00 bits per heavy atom. The van der Waals surface area contributed by atoms with E-state index in [0.29, 0.717) is 11.6 Å². The maximum atomic E-state index is 5.91. The highest BCUT2D eigenvalue weighted by Crippen LogP contribution is 2.18. The van der Waals surface area contributed by atoms with E-state index in [9.17, 15) is 0 Å². The van der Waals surface area contributed by atoms with E-state index in [2.05, 4.69) is 46.4 Å². The van der Waals surface area contributed by atoms with Crippen LogP contribution in [0.5, 0.6) is 0 Å². The molecule has 0 saturated carbocycles. The van der Waals surface area contributed by atoms with Crippen LogP contribution < -0.4 is 5.73 Å². The van der Waals surface area contributed by atoms with Crippen molar-refractivity contribution in [2.45, 2.75) is 72.4 Å². The summed E-state index contributed by atoms with van der Waals surface area (Å²) in [6.07, 6.45) is 3.63. The van der Waals surface area contributed by atoms with Crippen LogP contribution in [-0.2, 0) is 0 Å². The minimum atomic E-state index is 0.323. The Balaban J connectivity index is 0.000000487. The lowest BCUT2D eigenvalue weighted by Crippen LogP contribution is -2.42. The second kappa shape index (κ2) is 7.29. The molecule has 1 unspecified atom stereocenters. The number of hydrogen-bond acceptors (Lipinski definition) is 2. The highest BCUT2D eigenvalue weighted by molar-refractivity contribution is 4.80. The first-order valence-corrected chi connectivity index (χ1v) is 6.74. The van der Waals surface area contributed by atoms with Gasteiger partial charge in [-0.25, -0.2) is 0 Å². The molecule has 2 N–H and O–H groups in total. The van der Waals surface area contributed by atoms with Crippen LogP contribution in [0.3, 0.4) is 0 Å². The van der Waals surface area contributed by atoms with Crippen molar-refractivity contribution in [2.75, 3.05) is 13.1 Å². The normalized spacial score (nSPS) is 23.6. The smallest absolute Gasteiger partial charge is 0.0125 e. The van der Waals surface area contributed by atoms with Gasteiger partial charge in [-0.15, -0.1) is 0 Å². The highest BCUT2D eigenvalue weighted by atomic mass is 15.2. The van der Waals surface area contributed by atoms with E-state index >= 15 is 0 Å². The molecular weight excluding hydrogens is 196 g/mol. The zero-order chi connectivity index (χ0) is 12.8. The number of likely N-dealkylation sites (tertiary alicyclic amines) is 1. The van der Waals surface area contributed by atoms with Crippen LogP contribution >= 0.6 is 0 Å². The molecule has 1 atom stereocenters. The zero-order valence-electron chi connectivity index (χ0n) is 12.2. The van der Waals surface area contributed by atoms with Gasteiger partial charge >= 0.3 is 0 Å². The summed E-state index contributed by atoms with van der Waals surface area (Å²) in [6, 6.07) is 0.442. The molecule has 0 aromatic heterocycles. The van der Waals surface area contributed by atoms with E-state index in [0.717, 1.165) is 12.3 Å². The van der Waals surface area contributed by atoms with Crippen molar-refractivity contribution < 1.29 is 0 Å². The molecule has 1 heterocycles. The summed E-state index contributed by atoms with van der Waals surface area (Å²) in [4.78, 5) is 2.54. The van der Waals surface area contributed by atoms with Crippen LogP contribution in [0.1, 0.15) is 60.8 Å². The zero-order valence-corrected chi connectivity index (χ0v) is 12.2. The van der Waals surface area contributed by atoms with Crippen LogP contribution in [0, 0.1) is 5.92 Å². The molecule has 0 amide bonds. The van der Waals surface area contributed by atoms with Crippen molar-refractivity contribution in [1.82, 2.24) is 4.90 Å². The maximum absolute atomic E-state index is 5.91. The van der Waals surface area contributed by atoms with Gasteiger partial charge in [0.1, 0.15) is 0 Å². The first-order chi connectivity index (χ1) is 7.23. The van der Waals surface area contributed by atoms with E-state index in [1.807, 2.05) is 0 Å². The number of nitrogens with two attached hydrogens (primary N) is 1. The summed E-state index contributed by atoms with van der Waals surface area (Å²) >= 11 is 0. The van der Waals surface area contributed by atoms with Gasteiger partial charge in [0.15, 0.2) is 0 Å². The summed E-state index contributed by atoms with van der Waals surface area (Å²) in [5.74, 6) is 0.833. The van der Waals surface area contributed by atoms with Gasteiger partial charge in [0.05, 0.1) is 0 Å². The molecular formula is C14H32N2. The molecule has 1 aliphatic rings. The summed E-state index contributed by atoms with van der Waals surface area (Å²) in [5.41, 5.74) is 6.24. The van der Waals surface area contributed by atoms with Crippen molar-refractivity contribution in [3.63, 3.8) is 0 Å². The second-order valence-corrected chi connectivity index (χ2v) is 6.58. The SMILES string of the molecule is CC(C)(C)N1CCCC(N)CC1.CC(C)C. The van der Waals surface area contributed by atoms with Gasteiger partial charge < -0.3 is 5.73 Å². The van der Waals surface area contributed by atoms with E-state index < -0.39 is 0 Å². The van der Waals surface area contributed by atoms with Crippen molar-refractivity contribution in [3.05, 3.63) is 0 Å². The minimum absolute atomic E-state index is 0.323. The van der Waals surface area contributed by atoms with Gasteiger partial charge in [0.2, 0.25) is 0 Å². The Bertz CT molecular complexity index is 167. The van der Waals surface area contributed by atoms with Gasteiger partial charge in [0.25, 0.3) is 0 Å². The molecule has 2 nitrogen and oxygen atoms in total. The predicted octanol–water partition coefficient (Wildman–Crippen LogP) is 3.26. The van der Waals surface area contributed by atoms with Crippen LogP contribution in [0.4, 0.5) is 0 Å².